The van der Waals surface area contributed by atoms with Gasteiger partial charge in [-0.3, -0.25) is 0 Å². The molecule has 1 aromatic heterocycles. The van der Waals surface area contributed by atoms with Crippen molar-refractivity contribution in [1.82, 2.24) is 4.98 Å². The number of pyridine rings is 1. The van der Waals surface area contributed by atoms with Gasteiger partial charge in [0.1, 0.15) is 6.10 Å². The Morgan fingerprint density at radius 1 is 1.71 bits per heavy atom. The van der Waals surface area contributed by atoms with Crippen molar-refractivity contribution < 1.29 is 14.6 Å². The molecule has 1 unspecified atom stereocenters. The van der Waals surface area contributed by atoms with Gasteiger partial charge in [-0.15, -0.1) is 0 Å². The van der Waals surface area contributed by atoms with Crippen molar-refractivity contribution in [3.05, 3.63) is 23.9 Å². The first-order chi connectivity index (χ1) is 6.63. The van der Waals surface area contributed by atoms with Gasteiger partial charge >= 0.3 is 5.97 Å². The summed E-state index contributed by atoms with van der Waals surface area (Å²) in [4.78, 5) is 14.3. The number of carboxylic acids is 1. The molecular formula is C9H12N2O3. The van der Waals surface area contributed by atoms with Crippen LogP contribution in [0.5, 0.6) is 5.88 Å². The van der Waals surface area contributed by atoms with Crippen LogP contribution in [0.15, 0.2) is 18.2 Å². The third-order valence-corrected chi connectivity index (χ3v) is 1.60. The molecule has 5 heteroatoms. The molecule has 0 saturated heterocycles. The molecule has 0 aromatic carbocycles. The van der Waals surface area contributed by atoms with Gasteiger partial charge in [0, 0.05) is 12.6 Å². The Bertz CT molecular complexity index is 328. The fraction of sp³-hybridized carbons (Fsp3) is 0.333. The molecule has 5 nitrogen and oxygen atoms in total. The number of carbonyl (C=O) groups is 1. The fourth-order valence-electron chi connectivity index (χ4n) is 0.854. The summed E-state index contributed by atoms with van der Waals surface area (Å²) in [6.45, 7) is 2.15. The first kappa shape index (κ1) is 10.5. The molecule has 0 fully saturated rings. The molecule has 3 N–H and O–H groups in total. The second-order valence-corrected chi connectivity index (χ2v) is 2.83. The first-order valence-electron chi connectivity index (χ1n) is 4.20. The lowest BCUT2D eigenvalue weighted by Crippen LogP contribution is -2.23. The fourth-order valence-corrected chi connectivity index (χ4v) is 0.854. The van der Waals surface area contributed by atoms with E-state index < -0.39 is 5.97 Å². The van der Waals surface area contributed by atoms with E-state index in [9.17, 15) is 4.79 Å². The average Bonchev–Trinajstić information content (AvgIpc) is 2.18. The molecule has 0 amide bonds. The molecule has 14 heavy (non-hydrogen) atoms. The molecule has 1 heterocycles. The van der Waals surface area contributed by atoms with Gasteiger partial charge in [0.2, 0.25) is 5.88 Å². The van der Waals surface area contributed by atoms with E-state index in [-0.39, 0.29) is 17.7 Å². The SMILES string of the molecule is CC(CN)Oc1cccc(C(=O)O)n1. The average molecular weight is 196 g/mol. The molecule has 0 saturated carbocycles. The molecule has 0 radical (unpaired) electrons. The standard InChI is InChI=1S/C9H12N2O3/c1-6(5-10)14-8-4-2-3-7(11-8)9(12)13/h2-4,6H,5,10H2,1H3,(H,12,13). The molecule has 0 spiro atoms. The zero-order valence-electron chi connectivity index (χ0n) is 7.80. The molecular weight excluding hydrogens is 184 g/mol. The van der Waals surface area contributed by atoms with E-state index in [1.165, 1.54) is 6.07 Å². The van der Waals surface area contributed by atoms with Gasteiger partial charge in [-0.2, -0.15) is 0 Å². The topological polar surface area (TPSA) is 85.4 Å². The van der Waals surface area contributed by atoms with Gasteiger partial charge in [0.25, 0.3) is 0 Å². The van der Waals surface area contributed by atoms with Crippen LogP contribution in [-0.2, 0) is 0 Å². The molecule has 76 valence electrons. The predicted molar refractivity (Wildman–Crippen MR) is 50.3 cm³/mol. The van der Waals surface area contributed by atoms with Gasteiger partial charge in [-0.1, -0.05) is 6.07 Å². The molecule has 0 aliphatic rings. The first-order valence-corrected chi connectivity index (χ1v) is 4.20. The second-order valence-electron chi connectivity index (χ2n) is 2.83. The van der Waals surface area contributed by atoms with Crippen molar-refractivity contribution in [2.24, 2.45) is 5.73 Å². The highest BCUT2D eigenvalue weighted by molar-refractivity contribution is 5.85. The van der Waals surface area contributed by atoms with Crippen LogP contribution in [0.4, 0.5) is 0 Å². The summed E-state index contributed by atoms with van der Waals surface area (Å²) in [5.41, 5.74) is 5.31. The lowest BCUT2D eigenvalue weighted by molar-refractivity contribution is 0.0688. The molecule has 1 aromatic rings. The van der Waals surface area contributed by atoms with E-state index >= 15 is 0 Å². The zero-order chi connectivity index (χ0) is 10.6. The largest absolute Gasteiger partial charge is 0.477 e. The second kappa shape index (κ2) is 4.57. The van der Waals surface area contributed by atoms with Crippen LogP contribution in [0, 0.1) is 0 Å². The van der Waals surface area contributed by atoms with Crippen molar-refractivity contribution in [3.63, 3.8) is 0 Å². The van der Waals surface area contributed by atoms with Crippen LogP contribution in [0.25, 0.3) is 0 Å². The van der Waals surface area contributed by atoms with E-state index in [0.29, 0.717) is 6.54 Å². The van der Waals surface area contributed by atoms with Crippen molar-refractivity contribution in [2.75, 3.05) is 6.54 Å². The normalized spacial score (nSPS) is 12.1. The molecule has 1 atom stereocenters. The Balaban J connectivity index is 2.78. The Hall–Kier alpha value is -1.62. The number of hydrogen-bond acceptors (Lipinski definition) is 4. The highest BCUT2D eigenvalue weighted by Gasteiger charge is 2.07. The smallest absolute Gasteiger partial charge is 0.354 e. The van der Waals surface area contributed by atoms with E-state index in [4.69, 9.17) is 15.6 Å². The van der Waals surface area contributed by atoms with Crippen LogP contribution in [0.1, 0.15) is 17.4 Å². The minimum absolute atomic E-state index is 0.0354. The van der Waals surface area contributed by atoms with Crippen molar-refractivity contribution in [1.29, 1.82) is 0 Å². The van der Waals surface area contributed by atoms with Gasteiger partial charge < -0.3 is 15.6 Å². The van der Waals surface area contributed by atoms with Crippen LogP contribution in [0.3, 0.4) is 0 Å². The summed E-state index contributed by atoms with van der Waals surface area (Å²) in [7, 11) is 0. The van der Waals surface area contributed by atoms with Crippen molar-refractivity contribution in [2.45, 2.75) is 13.0 Å². The number of ether oxygens (including phenoxy) is 1. The zero-order valence-corrected chi connectivity index (χ0v) is 7.80. The predicted octanol–water partition coefficient (Wildman–Crippen LogP) is 0.506. The number of carboxylic acid groups (broad SMARTS) is 1. The van der Waals surface area contributed by atoms with E-state index in [0.717, 1.165) is 0 Å². The van der Waals surface area contributed by atoms with Gasteiger partial charge in [0.15, 0.2) is 5.69 Å². The van der Waals surface area contributed by atoms with E-state index in [1.807, 2.05) is 0 Å². The summed E-state index contributed by atoms with van der Waals surface area (Å²) in [5, 5.41) is 8.66. The van der Waals surface area contributed by atoms with Crippen LogP contribution < -0.4 is 10.5 Å². The Kier molecular flexibility index (Phi) is 3.41. The summed E-state index contributed by atoms with van der Waals surface area (Å²) >= 11 is 0. The Labute approximate surface area is 81.5 Å². The number of aromatic carboxylic acids is 1. The number of aromatic nitrogens is 1. The van der Waals surface area contributed by atoms with Gasteiger partial charge in [-0.05, 0) is 13.0 Å². The molecule has 0 aliphatic heterocycles. The third-order valence-electron chi connectivity index (χ3n) is 1.60. The number of nitrogens with zero attached hydrogens (tertiary/aromatic N) is 1. The molecule has 1 rings (SSSR count). The summed E-state index contributed by atoms with van der Waals surface area (Å²) in [6.07, 6.45) is -0.174. The summed E-state index contributed by atoms with van der Waals surface area (Å²) < 4.78 is 5.25. The highest BCUT2D eigenvalue weighted by Crippen LogP contribution is 2.09. The Morgan fingerprint density at radius 2 is 2.43 bits per heavy atom. The molecule has 0 aliphatic carbocycles. The van der Waals surface area contributed by atoms with Gasteiger partial charge in [0.05, 0.1) is 0 Å². The number of hydrogen-bond donors (Lipinski definition) is 2. The van der Waals surface area contributed by atoms with Crippen LogP contribution in [-0.4, -0.2) is 28.7 Å². The number of nitrogens with two attached hydrogens (primary N) is 1. The van der Waals surface area contributed by atoms with E-state index in [2.05, 4.69) is 4.98 Å². The summed E-state index contributed by atoms with van der Waals surface area (Å²) in [5.74, 6) is -0.793. The maximum Gasteiger partial charge on any atom is 0.354 e. The quantitative estimate of drug-likeness (QED) is 0.732. The monoisotopic (exact) mass is 196 g/mol. The lowest BCUT2D eigenvalue weighted by Gasteiger charge is -2.11. The van der Waals surface area contributed by atoms with Crippen molar-refractivity contribution in [3.8, 4) is 5.88 Å². The maximum absolute atomic E-state index is 10.6. The van der Waals surface area contributed by atoms with Crippen LogP contribution >= 0.6 is 0 Å². The lowest BCUT2D eigenvalue weighted by atomic mass is 10.3. The van der Waals surface area contributed by atoms with Gasteiger partial charge in [-0.25, -0.2) is 9.78 Å². The molecule has 0 bridgehead atoms. The van der Waals surface area contributed by atoms with Crippen molar-refractivity contribution >= 4 is 5.97 Å². The van der Waals surface area contributed by atoms with E-state index in [1.54, 1.807) is 19.1 Å². The van der Waals surface area contributed by atoms with Crippen LogP contribution in [0.2, 0.25) is 0 Å². The highest BCUT2D eigenvalue weighted by atomic mass is 16.5. The Morgan fingerprint density at radius 3 is 3.00 bits per heavy atom. The minimum Gasteiger partial charge on any atom is -0.477 e. The maximum atomic E-state index is 10.6. The third kappa shape index (κ3) is 2.70. The number of rotatable bonds is 4. The summed E-state index contributed by atoms with van der Waals surface area (Å²) in [6, 6.07) is 4.58. The minimum atomic E-state index is -1.07.